The molecule has 1 unspecified atom stereocenters. The zero-order chi connectivity index (χ0) is 14.4. The Labute approximate surface area is 118 Å². The molecule has 20 heavy (non-hydrogen) atoms. The molecule has 6 nitrogen and oxygen atoms in total. The molecule has 1 aromatic carbocycles. The Kier molecular flexibility index (Phi) is 5.09. The summed E-state index contributed by atoms with van der Waals surface area (Å²) in [6.45, 7) is 2.19. The Hall–Kier alpha value is -1.46. The molecule has 108 valence electrons. The average molecular weight is 295 g/mol. The van der Waals surface area contributed by atoms with Crippen molar-refractivity contribution in [2.75, 3.05) is 26.3 Å². The largest absolute Gasteiger partial charge is 0.378 e. The highest BCUT2D eigenvalue weighted by molar-refractivity contribution is 7.89. The van der Waals surface area contributed by atoms with Crippen molar-refractivity contribution in [3.8, 4) is 6.07 Å². The Morgan fingerprint density at radius 1 is 1.40 bits per heavy atom. The summed E-state index contributed by atoms with van der Waals surface area (Å²) in [5.74, 6) is 0. The summed E-state index contributed by atoms with van der Waals surface area (Å²) in [5.41, 5.74) is 0.800. The van der Waals surface area contributed by atoms with Gasteiger partial charge in [0.25, 0.3) is 0 Å². The van der Waals surface area contributed by atoms with Crippen LogP contribution in [0.5, 0.6) is 0 Å². The number of rotatable bonds is 5. The van der Waals surface area contributed by atoms with Crippen LogP contribution in [-0.4, -0.2) is 40.8 Å². The van der Waals surface area contributed by atoms with E-state index in [-0.39, 0.29) is 17.4 Å². The molecular formula is C13H17N3O3S. The van der Waals surface area contributed by atoms with Gasteiger partial charge in [0.2, 0.25) is 10.0 Å². The van der Waals surface area contributed by atoms with E-state index in [1.54, 1.807) is 12.1 Å². The number of nitrogens with one attached hydrogen (secondary N) is 2. The van der Waals surface area contributed by atoms with Crippen LogP contribution in [0.2, 0.25) is 0 Å². The lowest BCUT2D eigenvalue weighted by atomic mass is 10.2. The van der Waals surface area contributed by atoms with Gasteiger partial charge in [-0.3, -0.25) is 0 Å². The van der Waals surface area contributed by atoms with Gasteiger partial charge < -0.3 is 10.1 Å². The molecule has 0 bridgehead atoms. The Morgan fingerprint density at radius 2 is 2.15 bits per heavy atom. The maximum Gasteiger partial charge on any atom is 0.240 e. The van der Waals surface area contributed by atoms with Gasteiger partial charge in [-0.1, -0.05) is 12.1 Å². The second-order valence-corrected chi connectivity index (χ2v) is 6.32. The maximum atomic E-state index is 12.1. The highest BCUT2D eigenvalue weighted by atomic mass is 32.2. The Morgan fingerprint density at radius 3 is 2.75 bits per heavy atom. The second-order valence-electron chi connectivity index (χ2n) is 4.56. The quantitative estimate of drug-likeness (QED) is 0.799. The molecule has 2 rings (SSSR count). The predicted molar refractivity (Wildman–Crippen MR) is 73.6 cm³/mol. The van der Waals surface area contributed by atoms with E-state index in [0.29, 0.717) is 19.8 Å². The van der Waals surface area contributed by atoms with Crippen molar-refractivity contribution in [1.82, 2.24) is 10.0 Å². The highest BCUT2D eigenvalue weighted by Crippen LogP contribution is 2.11. The Bertz CT molecular complexity index is 572. The molecule has 1 aliphatic rings. The minimum absolute atomic E-state index is 0.00335. The van der Waals surface area contributed by atoms with Gasteiger partial charge in [-0.2, -0.15) is 5.26 Å². The number of morpholine rings is 1. The van der Waals surface area contributed by atoms with Gasteiger partial charge in [0.05, 0.1) is 30.6 Å². The van der Waals surface area contributed by atoms with Crippen LogP contribution < -0.4 is 10.0 Å². The molecule has 0 aliphatic carbocycles. The average Bonchev–Trinajstić information content (AvgIpc) is 2.47. The summed E-state index contributed by atoms with van der Waals surface area (Å²) in [6, 6.07) is 8.35. The van der Waals surface area contributed by atoms with E-state index in [4.69, 9.17) is 10.00 Å². The van der Waals surface area contributed by atoms with E-state index in [1.165, 1.54) is 12.1 Å². The standard InChI is InChI=1S/C13H17N3O3S/c14-6-5-11-1-3-13(4-2-11)20(17,18)16-9-12-10-19-8-7-15-12/h1-4,12,15-16H,5,7-10H2. The number of ether oxygens (including phenoxy) is 1. The van der Waals surface area contributed by atoms with Gasteiger partial charge in [0, 0.05) is 19.1 Å². The van der Waals surface area contributed by atoms with Crippen LogP contribution >= 0.6 is 0 Å². The van der Waals surface area contributed by atoms with Crippen LogP contribution in [0.3, 0.4) is 0 Å². The van der Waals surface area contributed by atoms with Crippen LogP contribution in [0.4, 0.5) is 0 Å². The lowest BCUT2D eigenvalue weighted by Gasteiger charge is -2.23. The molecule has 7 heteroatoms. The van der Waals surface area contributed by atoms with Crippen molar-refractivity contribution in [2.45, 2.75) is 17.4 Å². The molecule has 1 aliphatic heterocycles. The molecule has 0 saturated carbocycles. The molecule has 1 heterocycles. The van der Waals surface area contributed by atoms with Crippen LogP contribution in [0.15, 0.2) is 29.2 Å². The van der Waals surface area contributed by atoms with E-state index in [2.05, 4.69) is 10.0 Å². The van der Waals surface area contributed by atoms with Gasteiger partial charge in [-0.15, -0.1) is 0 Å². The molecule has 0 radical (unpaired) electrons. The number of sulfonamides is 1. The molecular weight excluding hydrogens is 278 g/mol. The van der Waals surface area contributed by atoms with Crippen LogP contribution in [0.25, 0.3) is 0 Å². The SMILES string of the molecule is N#CCc1ccc(S(=O)(=O)NCC2COCCN2)cc1. The summed E-state index contributed by atoms with van der Waals surface area (Å²) >= 11 is 0. The Balaban J connectivity index is 1.96. The monoisotopic (exact) mass is 295 g/mol. The van der Waals surface area contributed by atoms with Crippen molar-refractivity contribution in [3.63, 3.8) is 0 Å². The molecule has 1 aromatic rings. The zero-order valence-electron chi connectivity index (χ0n) is 11.0. The summed E-state index contributed by atoms with van der Waals surface area (Å²) in [4.78, 5) is 0.205. The first-order chi connectivity index (χ1) is 9.62. The summed E-state index contributed by atoms with van der Waals surface area (Å²) in [6.07, 6.45) is 0.275. The lowest BCUT2D eigenvalue weighted by Crippen LogP contribution is -2.48. The van der Waals surface area contributed by atoms with Crippen molar-refractivity contribution >= 4 is 10.0 Å². The number of nitriles is 1. The first kappa shape index (κ1) is 14.9. The third-order valence-electron chi connectivity index (χ3n) is 3.04. The number of nitrogens with zero attached hydrogens (tertiary/aromatic N) is 1. The number of hydrogen-bond donors (Lipinski definition) is 2. The second kappa shape index (κ2) is 6.81. The molecule has 1 saturated heterocycles. The molecule has 0 aromatic heterocycles. The third kappa shape index (κ3) is 4.02. The van der Waals surface area contributed by atoms with Gasteiger partial charge in [-0.05, 0) is 17.7 Å². The zero-order valence-corrected chi connectivity index (χ0v) is 11.8. The fourth-order valence-corrected chi connectivity index (χ4v) is 3.00. The summed E-state index contributed by atoms with van der Waals surface area (Å²) in [7, 11) is -3.52. The molecule has 0 spiro atoms. The smallest absolute Gasteiger partial charge is 0.240 e. The van der Waals surface area contributed by atoms with Crippen LogP contribution in [0.1, 0.15) is 5.56 Å². The topological polar surface area (TPSA) is 91.2 Å². The van der Waals surface area contributed by atoms with E-state index >= 15 is 0 Å². The van der Waals surface area contributed by atoms with Crippen molar-refractivity contribution < 1.29 is 13.2 Å². The van der Waals surface area contributed by atoms with E-state index in [0.717, 1.165) is 12.1 Å². The first-order valence-electron chi connectivity index (χ1n) is 6.38. The van der Waals surface area contributed by atoms with Crippen molar-refractivity contribution in [2.24, 2.45) is 0 Å². The van der Waals surface area contributed by atoms with Gasteiger partial charge >= 0.3 is 0 Å². The minimum atomic E-state index is -3.52. The van der Waals surface area contributed by atoms with Crippen LogP contribution in [0, 0.1) is 11.3 Å². The number of benzene rings is 1. The minimum Gasteiger partial charge on any atom is -0.378 e. The van der Waals surface area contributed by atoms with E-state index in [1.807, 2.05) is 6.07 Å². The third-order valence-corrected chi connectivity index (χ3v) is 4.47. The molecule has 1 atom stereocenters. The summed E-state index contributed by atoms with van der Waals surface area (Å²) < 4.78 is 32.0. The summed E-state index contributed by atoms with van der Waals surface area (Å²) in [5, 5.41) is 11.8. The number of hydrogen-bond acceptors (Lipinski definition) is 5. The van der Waals surface area contributed by atoms with Gasteiger partial charge in [0.15, 0.2) is 0 Å². The van der Waals surface area contributed by atoms with Crippen molar-refractivity contribution in [1.29, 1.82) is 5.26 Å². The molecule has 0 amide bonds. The lowest BCUT2D eigenvalue weighted by molar-refractivity contribution is 0.0784. The van der Waals surface area contributed by atoms with E-state index in [9.17, 15) is 8.42 Å². The van der Waals surface area contributed by atoms with Crippen LogP contribution in [-0.2, 0) is 21.2 Å². The fourth-order valence-electron chi connectivity index (χ4n) is 1.92. The van der Waals surface area contributed by atoms with Crippen molar-refractivity contribution in [3.05, 3.63) is 29.8 Å². The predicted octanol–water partition coefficient (Wildman–Crippen LogP) is 0.0194. The fraction of sp³-hybridized carbons (Fsp3) is 0.462. The maximum absolute atomic E-state index is 12.1. The highest BCUT2D eigenvalue weighted by Gasteiger charge is 2.18. The molecule has 2 N–H and O–H groups in total. The van der Waals surface area contributed by atoms with Gasteiger partial charge in [-0.25, -0.2) is 13.1 Å². The van der Waals surface area contributed by atoms with E-state index < -0.39 is 10.0 Å². The normalized spacial score (nSPS) is 19.4. The van der Waals surface area contributed by atoms with Gasteiger partial charge in [0.1, 0.15) is 0 Å². The molecule has 1 fully saturated rings. The first-order valence-corrected chi connectivity index (χ1v) is 7.87.